The van der Waals surface area contributed by atoms with Crippen LogP contribution in [0, 0.1) is 0 Å². The van der Waals surface area contributed by atoms with Gasteiger partial charge in [-0.3, -0.25) is 4.90 Å². The highest BCUT2D eigenvalue weighted by Gasteiger charge is 2.19. The number of nitrogens with zero attached hydrogens (tertiary/aromatic N) is 2. The molecule has 2 rings (SSSR count). The van der Waals surface area contributed by atoms with E-state index in [-0.39, 0.29) is 6.03 Å². The number of carbonyl (C=O) groups is 1. The molecule has 1 aliphatic rings. The molecule has 1 aliphatic heterocycles. The number of nitrogens with one attached hydrogen (secondary N) is 1. The van der Waals surface area contributed by atoms with E-state index in [4.69, 9.17) is 4.74 Å². The number of fused-ring (bicyclic) bond motifs is 1. The van der Waals surface area contributed by atoms with Crippen LogP contribution in [-0.2, 0) is 17.8 Å². The molecule has 19 heavy (non-hydrogen) atoms. The molecule has 0 aromatic heterocycles. The third-order valence-corrected chi connectivity index (χ3v) is 3.26. The molecule has 0 bridgehead atoms. The van der Waals surface area contributed by atoms with Crippen LogP contribution in [0.5, 0.6) is 0 Å². The number of ether oxygens (including phenoxy) is 1. The van der Waals surface area contributed by atoms with E-state index in [0.29, 0.717) is 0 Å². The Labute approximate surface area is 114 Å². The maximum absolute atomic E-state index is 11.6. The van der Waals surface area contributed by atoms with Crippen LogP contribution in [0.2, 0.25) is 0 Å². The fourth-order valence-corrected chi connectivity index (χ4v) is 2.16. The summed E-state index contributed by atoms with van der Waals surface area (Å²) in [4.78, 5) is 15.5. The van der Waals surface area contributed by atoms with Crippen LogP contribution < -0.4 is 5.32 Å². The van der Waals surface area contributed by atoms with Crippen molar-refractivity contribution in [3.05, 3.63) is 29.3 Å². The van der Waals surface area contributed by atoms with Crippen molar-refractivity contribution in [2.24, 2.45) is 0 Å². The molecule has 0 aliphatic carbocycles. The average molecular weight is 263 g/mol. The van der Waals surface area contributed by atoms with E-state index >= 15 is 0 Å². The molecule has 0 saturated heterocycles. The van der Waals surface area contributed by atoms with Gasteiger partial charge in [0.1, 0.15) is 0 Å². The van der Waals surface area contributed by atoms with Crippen LogP contribution in [0.4, 0.5) is 10.5 Å². The molecule has 1 aromatic rings. The zero-order chi connectivity index (χ0) is 13.8. The Morgan fingerprint density at radius 1 is 1.37 bits per heavy atom. The van der Waals surface area contributed by atoms with E-state index in [1.165, 1.54) is 16.0 Å². The molecule has 1 heterocycles. The Hall–Kier alpha value is -1.59. The summed E-state index contributed by atoms with van der Waals surface area (Å²) in [6.45, 7) is 3.56. The minimum Gasteiger partial charge on any atom is -0.383 e. The van der Waals surface area contributed by atoms with Crippen molar-refractivity contribution in [1.82, 2.24) is 9.80 Å². The number of hydrogen-bond donors (Lipinski definition) is 1. The SMILES string of the molecule is COCCN1Cc2ccc(NC(=O)N(C)C)cc2C1. The van der Waals surface area contributed by atoms with Crippen molar-refractivity contribution in [2.45, 2.75) is 13.1 Å². The predicted octanol–water partition coefficient (Wildman–Crippen LogP) is 1.74. The molecule has 104 valence electrons. The lowest BCUT2D eigenvalue weighted by Crippen LogP contribution is -2.27. The molecule has 2 amide bonds. The van der Waals surface area contributed by atoms with Crippen molar-refractivity contribution >= 4 is 11.7 Å². The predicted molar refractivity (Wildman–Crippen MR) is 75.1 cm³/mol. The average Bonchev–Trinajstić information content (AvgIpc) is 2.78. The standard InChI is InChI=1S/C14H21N3O2/c1-16(2)14(18)15-13-5-4-11-9-17(6-7-19-3)10-12(11)8-13/h4-5,8H,6-7,9-10H2,1-3H3,(H,15,18). The third-order valence-electron chi connectivity index (χ3n) is 3.26. The smallest absolute Gasteiger partial charge is 0.321 e. The summed E-state index contributed by atoms with van der Waals surface area (Å²) in [7, 11) is 5.18. The highest BCUT2D eigenvalue weighted by Crippen LogP contribution is 2.25. The number of methoxy groups -OCH3 is 1. The number of hydrogen-bond acceptors (Lipinski definition) is 3. The van der Waals surface area contributed by atoms with Crippen molar-refractivity contribution in [2.75, 3.05) is 39.7 Å². The number of anilines is 1. The van der Waals surface area contributed by atoms with Crippen LogP contribution in [-0.4, -0.2) is 50.2 Å². The van der Waals surface area contributed by atoms with Gasteiger partial charge >= 0.3 is 6.03 Å². The molecule has 5 nitrogen and oxygen atoms in total. The van der Waals surface area contributed by atoms with Crippen LogP contribution in [0.25, 0.3) is 0 Å². The van der Waals surface area contributed by atoms with Gasteiger partial charge in [-0.15, -0.1) is 0 Å². The van der Waals surface area contributed by atoms with Crippen molar-refractivity contribution in [1.29, 1.82) is 0 Å². The summed E-state index contributed by atoms with van der Waals surface area (Å²) in [6.07, 6.45) is 0. The fourth-order valence-electron chi connectivity index (χ4n) is 2.16. The van der Waals surface area contributed by atoms with Crippen LogP contribution >= 0.6 is 0 Å². The summed E-state index contributed by atoms with van der Waals surface area (Å²) >= 11 is 0. The van der Waals surface area contributed by atoms with Gasteiger partial charge in [0.15, 0.2) is 0 Å². The molecule has 1 N–H and O–H groups in total. The first kappa shape index (κ1) is 13.8. The molecule has 0 saturated carbocycles. The summed E-state index contributed by atoms with van der Waals surface area (Å²) in [5, 5.41) is 2.87. The Bertz CT molecular complexity index is 460. The number of amides is 2. The van der Waals surface area contributed by atoms with Gasteiger partial charge in [0, 0.05) is 46.5 Å². The summed E-state index contributed by atoms with van der Waals surface area (Å²) < 4.78 is 5.10. The van der Waals surface area contributed by atoms with E-state index in [1.54, 1.807) is 21.2 Å². The maximum Gasteiger partial charge on any atom is 0.321 e. The van der Waals surface area contributed by atoms with E-state index in [9.17, 15) is 4.79 Å². The second-order valence-corrected chi connectivity index (χ2v) is 5.01. The van der Waals surface area contributed by atoms with E-state index in [1.807, 2.05) is 6.07 Å². The molecule has 0 spiro atoms. The Kier molecular flexibility index (Phi) is 4.39. The minimum absolute atomic E-state index is 0.103. The number of benzene rings is 1. The van der Waals surface area contributed by atoms with Gasteiger partial charge in [-0.05, 0) is 23.3 Å². The normalized spacial score (nSPS) is 14.3. The van der Waals surface area contributed by atoms with Gasteiger partial charge in [0.25, 0.3) is 0 Å². The Balaban J connectivity index is 2.00. The number of carbonyl (C=O) groups excluding carboxylic acids is 1. The lowest BCUT2D eigenvalue weighted by Gasteiger charge is -2.13. The molecule has 0 unspecified atom stereocenters. The molecule has 0 atom stereocenters. The summed E-state index contributed by atoms with van der Waals surface area (Å²) in [6, 6.07) is 6.01. The molecule has 5 heteroatoms. The van der Waals surface area contributed by atoms with Gasteiger partial charge < -0.3 is 15.0 Å². The third kappa shape index (κ3) is 3.45. The van der Waals surface area contributed by atoms with Crippen LogP contribution in [0.15, 0.2) is 18.2 Å². The monoisotopic (exact) mass is 263 g/mol. The maximum atomic E-state index is 11.6. The topological polar surface area (TPSA) is 44.8 Å². The fraction of sp³-hybridized carbons (Fsp3) is 0.500. The first-order valence-corrected chi connectivity index (χ1v) is 6.41. The van der Waals surface area contributed by atoms with Crippen LogP contribution in [0.1, 0.15) is 11.1 Å². The first-order valence-electron chi connectivity index (χ1n) is 6.41. The molecular formula is C14H21N3O2. The molecule has 0 radical (unpaired) electrons. The largest absolute Gasteiger partial charge is 0.383 e. The van der Waals surface area contributed by atoms with Crippen molar-refractivity contribution < 1.29 is 9.53 Å². The van der Waals surface area contributed by atoms with Crippen molar-refractivity contribution in [3.8, 4) is 0 Å². The quantitative estimate of drug-likeness (QED) is 0.900. The zero-order valence-corrected chi connectivity index (χ0v) is 11.8. The van der Waals surface area contributed by atoms with Gasteiger partial charge in [-0.25, -0.2) is 4.79 Å². The molecular weight excluding hydrogens is 242 g/mol. The Morgan fingerprint density at radius 2 is 2.11 bits per heavy atom. The second kappa shape index (κ2) is 6.04. The lowest BCUT2D eigenvalue weighted by atomic mass is 10.1. The second-order valence-electron chi connectivity index (χ2n) is 5.01. The number of rotatable bonds is 4. The highest BCUT2D eigenvalue weighted by atomic mass is 16.5. The molecule has 1 aromatic carbocycles. The number of urea groups is 1. The lowest BCUT2D eigenvalue weighted by molar-refractivity contribution is 0.147. The first-order chi connectivity index (χ1) is 9.10. The van der Waals surface area contributed by atoms with Crippen molar-refractivity contribution in [3.63, 3.8) is 0 Å². The minimum atomic E-state index is -0.103. The van der Waals surface area contributed by atoms with E-state index in [2.05, 4.69) is 22.3 Å². The Morgan fingerprint density at radius 3 is 2.79 bits per heavy atom. The summed E-state index contributed by atoms with van der Waals surface area (Å²) in [5.74, 6) is 0. The zero-order valence-electron chi connectivity index (χ0n) is 11.8. The van der Waals surface area contributed by atoms with Gasteiger partial charge in [0.05, 0.1) is 6.61 Å². The van der Waals surface area contributed by atoms with Gasteiger partial charge in [0.2, 0.25) is 0 Å². The van der Waals surface area contributed by atoms with E-state index in [0.717, 1.165) is 31.9 Å². The summed E-state index contributed by atoms with van der Waals surface area (Å²) in [5.41, 5.74) is 3.47. The van der Waals surface area contributed by atoms with Crippen LogP contribution in [0.3, 0.4) is 0 Å². The van der Waals surface area contributed by atoms with Gasteiger partial charge in [-0.1, -0.05) is 6.07 Å². The van der Waals surface area contributed by atoms with E-state index < -0.39 is 0 Å². The van der Waals surface area contributed by atoms with Gasteiger partial charge in [-0.2, -0.15) is 0 Å². The molecule has 0 fully saturated rings. The highest BCUT2D eigenvalue weighted by molar-refractivity contribution is 5.89.